The van der Waals surface area contributed by atoms with E-state index < -0.39 is 18.5 Å². The Hall–Kier alpha value is -1.20. The zero-order valence-corrected chi connectivity index (χ0v) is 8.84. The Balaban J connectivity index is 2.16. The molecule has 1 aliphatic heterocycles. The summed E-state index contributed by atoms with van der Waals surface area (Å²) in [7, 11) is 0. The molecule has 1 heterocycles. The molecule has 1 aliphatic carbocycles. The third-order valence-corrected chi connectivity index (χ3v) is 3.23. The molecule has 4 nitrogen and oxygen atoms in total. The molecule has 2 amide bonds. The highest BCUT2D eigenvalue weighted by atomic mass is 19.3. The number of halogens is 2. The lowest BCUT2D eigenvalue weighted by atomic mass is 9.93. The highest BCUT2D eigenvalue weighted by Crippen LogP contribution is 2.33. The second kappa shape index (κ2) is 3.99. The molecule has 2 aliphatic rings. The maximum Gasteiger partial charge on any atom is 0.255 e. The Labute approximate surface area is 92.0 Å². The van der Waals surface area contributed by atoms with Crippen LogP contribution in [-0.4, -0.2) is 41.8 Å². The second-order valence-corrected chi connectivity index (χ2v) is 4.41. The smallest absolute Gasteiger partial charge is 0.255 e. The van der Waals surface area contributed by atoms with Gasteiger partial charge in [0.1, 0.15) is 5.54 Å². The summed E-state index contributed by atoms with van der Waals surface area (Å²) in [6.45, 7) is -0.890. The van der Waals surface area contributed by atoms with E-state index in [0.29, 0.717) is 12.8 Å². The summed E-state index contributed by atoms with van der Waals surface area (Å²) in [5.41, 5.74) is -0.885. The van der Waals surface area contributed by atoms with Crippen molar-refractivity contribution in [3.05, 3.63) is 0 Å². The minimum absolute atomic E-state index is 0.245. The Morgan fingerprint density at radius 1 is 1.31 bits per heavy atom. The molecule has 0 aromatic rings. The third-order valence-electron chi connectivity index (χ3n) is 3.23. The Bertz CT molecular complexity index is 314. The van der Waals surface area contributed by atoms with Gasteiger partial charge in [0.05, 0.1) is 13.1 Å². The molecule has 1 saturated heterocycles. The average molecular weight is 232 g/mol. The van der Waals surface area contributed by atoms with Crippen molar-refractivity contribution in [3.8, 4) is 0 Å². The first-order chi connectivity index (χ1) is 7.53. The lowest BCUT2D eigenvalue weighted by molar-refractivity contribution is -0.151. The van der Waals surface area contributed by atoms with Crippen LogP contribution in [0.4, 0.5) is 8.78 Å². The standard InChI is InChI=1S/C10H14F2N2O2/c11-7(12)5-14-6-8(15)13-10(9(14)16)3-1-2-4-10/h7H,1-6H2,(H,13,15). The van der Waals surface area contributed by atoms with Crippen molar-refractivity contribution >= 4 is 11.8 Å². The minimum Gasteiger partial charge on any atom is -0.340 e. The molecule has 2 rings (SSSR count). The van der Waals surface area contributed by atoms with E-state index in [2.05, 4.69) is 5.32 Å². The fourth-order valence-electron chi connectivity index (χ4n) is 2.54. The summed E-state index contributed by atoms with van der Waals surface area (Å²) in [5, 5.41) is 2.67. The lowest BCUT2D eigenvalue weighted by Crippen LogP contribution is -2.66. The Morgan fingerprint density at radius 2 is 1.94 bits per heavy atom. The highest BCUT2D eigenvalue weighted by molar-refractivity contribution is 5.98. The molecule has 1 saturated carbocycles. The van der Waals surface area contributed by atoms with Crippen molar-refractivity contribution < 1.29 is 18.4 Å². The molecule has 0 unspecified atom stereocenters. The topological polar surface area (TPSA) is 49.4 Å². The number of alkyl halides is 2. The van der Waals surface area contributed by atoms with Crippen LogP contribution in [0.1, 0.15) is 25.7 Å². The van der Waals surface area contributed by atoms with Gasteiger partial charge in [-0.05, 0) is 12.8 Å². The van der Waals surface area contributed by atoms with Crippen molar-refractivity contribution in [2.45, 2.75) is 37.6 Å². The van der Waals surface area contributed by atoms with Gasteiger partial charge in [0.25, 0.3) is 6.43 Å². The number of hydrogen-bond donors (Lipinski definition) is 1. The number of amides is 2. The number of hydrogen-bond acceptors (Lipinski definition) is 2. The van der Waals surface area contributed by atoms with E-state index in [0.717, 1.165) is 17.7 Å². The van der Waals surface area contributed by atoms with Gasteiger partial charge in [0, 0.05) is 0 Å². The van der Waals surface area contributed by atoms with Crippen LogP contribution in [0.3, 0.4) is 0 Å². The molecule has 0 bridgehead atoms. The van der Waals surface area contributed by atoms with Crippen LogP contribution < -0.4 is 5.32 Å². The molecule has 6 heteroatoms. The number of nitrogens with zero attached hydrogens (tertiary/aromatic N) is 1. The van der Waals surface area contributed by atoms with Crippen LogP contribution in [0.5, 0.6) is 0 Å². The molecule has 0 atom stereocenters. The van der Waals surface area contributed by atoms with E-state index in [1.54, 1.807) is 0 Å². The van der Waals surface area contributed by atoms with Crippen molar-refractivity contribution in [3.63, 3.8) is 0 Å². The number of carbonyl (C=O) groups excluding carboxylic acids is 2. The van der Waals surface area contributed by atoms with Gasteiger partial charge >= 0.3 is 0 Å². The molecule has 2 fully saturated rings. The van der Waals surface area contributed by atoms with Gasteiger partial charge in [-0.2, -0.15) is 0 Å². The predicted octanol–water partition coefficient (Wildman–Crippen LogP) is 0.523. The lowest BCUT2D eigenvalue weighted by Gasteiger charge is -2.39. The number of rotatable bonds is 2. The summed E-state index contributed by atoms with van der Waals surface area (Å²) < 4.78 is 24.5. The molecule has 0 aromatic heterocycles. The van der Waals surface area contributed by atoms with Crippen LogP contribution in [0.15, 0.2) is 0 Å². The summed E-state index contributed by atoms with van der Waals surface area (Å²) in [4.78, 5) is 24.4. The molecule has 1 N–H and O–H groups in total. The summed E-state index contributed by atoms with van der Waals surface area (Å²) in [6.07, 6.45) is 0.255. The zero-order valence-electron chi connectivity index (χ0n) is 8.84. The molecule has 0 aromatic carbocycles. The van der Waals surface area contributed by atoms with Crippen LogP contribution in [0.25, 0.3) is 0 Å². The molecule has 90 valence electrons. The highest BCUT2D eigenvalue weighted by Gasteiger charge is 2.48. The fourth-order valence-corrected chi connectivity index (χ4v) is 2.54. The fraction of sp³-hybridized carbons (Fsp3) is 0.800. The third kappa shape index (κ3) is 1.88. The summed E-state index contributed by atoms with van der Waals surface area (Å²) in [5.74, 6) is -0.674. The first kappa shape index (κ1) is 11.3. The van der Waals surface area contributed by atoms with E-state index in [4.69, 9.17) is 0 Å². The van der Waals surface area contributed by atoms with Gasteiger partial charge in [-0.25, -0.2) is 8.78 Å². The van der Waals surface area contributed by atoms with E-state index in [1.807, 2.05) is 0 Å². The number of nitrogens with one attached hydrogen (secondary N) is 1. The molecule has 0 radical (unpaired) electrons. The van der Waals surface area contributed by atoms with Crippen molar-refractivity contribution in [2.24, 2.45) is 0 Å². The molecule has 1 spiro atoms. The van der Waals surface area contributed by atoms with Gasteiger partial charge in [-0.3, -0.25) is 9.59 Å². The monoisotopic (exact) mass is 232 g/mol. The summed E-state index contributed by atoms with van der Waals surface area (Å²) >= 11 is 0. The normalized spacial score (nSPS) is 24.3. The molecular formula is C10H14F2N2O2. The van der Waals surface area contributed by atoms with Crippen LogP contribution >= 0.6 is 0 Å². The first-order valence-corrected chi connectivity index (χ1v) is 5.42. The van der Waals surface area contributed by atoms with Gasteiger partial charge in [-0.15, -0.1) is 0 Å². The Morgan fingerprint density at radius 3 is 2.50 bits per heavy atom. The van der Waals surface area contributed by atoms with E-state index in [1.165, 1.54) is 0 Å². The van der Waals surface area contributed by atoms with Crippen molar-refractivity contribution in [1.82, 2.24) is 10.2 Å². The van der Waals surface area contributed by atoms with Gasteiger partial charge in [0.2, 0.25) is 11.8 Å². The first-order valence-electron chi connectivity index (χ1n) is 5.42. The zero-order chi connectivity index (χ0) is 11.8. The Kier molecular flexibility index (Phi) is 2.82. The van der Waals surface area contributed by atoms with Crippen LogP contribution in [-0.2, 0) is 9.59 Å². The van der Waals surface area contributed by atoms with Crippen molar-refractivity contribution in [1.29, 1.82) is 0 Å². The van der Waals surface area contributed by atoms with E-state index >= 15 is 0 Å². The van der Waals surface area contributed by atoms with Gasteiger partial charge in [0.15, 0.2) is 0 Å². The van der Waals surface area contributed by atoms with Gasteiger partial charge in [-0.1, -0.05) is 12.8 Å². The quantitative estimate of drug-likeness (QED) is 0.754. The largest absolute Gasteiger partial charge is 0.340 e. The van der Waals surface area contributed by atoms with Gasteiger partial charge < -0.3 is 10.2 Å². The second-order valence-electron chi connectivity index (χ2n) is 4.41. The maximum atomic E-state index is 12.3. The average Bonchev–Trinajstić information content (AvgIpc) is 2.62. The SMILES string of the molecule is O=C1CN(CC(F)F)C(=O)C2(CCCC2)N1. The number of piperazine rings is 1. The summed E-state index contributed by atoms with van der Waals surface area (Å²) in [6, 6.07) is 0. The van der Waals surface area contributed by atoms with E-state index in [-0.39, 0.29) is 18.4 Å². The molecular weight excluding hydrogens is 218 g/mol. The van der Waals surface area contributed by atoms with E-state index in [9.17, 15) is 18.4 Å². The minimum atomic E-state index is -2.59. The van der Waals surface area contributed by atoms with Crippen LogP contribution in [0, 0.1) is 0 Å². The maximum absolute atomic E-state index is 12.3. The van der Waals surface area contributed by atoms with Crippen LogP contribution in [0.2, 0.25) is 0 Å². The predicted molar refractivity (Wildman–Crippen MR) is 51.9 cm³/mol. The van der Waals surface area contributed by atoms with Crippen molar-refractivity contribution in [2.75, 3.05) is 13.1 Å². The molecule has 16 heavy (non-hydrogen) atoms. The number of carbonyl (C=O) groups is 2.